The van der Waals surface area contributed by atoms with E-state index in [4.69, 9.17) is 14.2 Å². The first-order valence-electron chi connectivity index (χ1n) is 10.1. The van der Waals surface area contributed by atoms with Crippen LogP contribution >= 0.6 is 0 Å². The summed E-state index contributed by atoms with van der Waals surface area (Å²) in [5.74, 6) is 0.515. The van der Waals surface area contributed by atoms with Crippen LogP contribution < -0.4 is 10.1 Å². The van der Waals surface area contributed by atoms with Gasteiger partial charge in [-0.2, -0.15) is 0 Å². The first kappa shape index (κ1) is 25.9. The van der Waals surface area contributed by atoms with Gasteiger partial charge in [-0.3, -0.25) is 0 Å². The fraction of sp³-hybridized carbons (Fsp3) is 0.652. The third-order valence-electron chi connectivity index (χ3n) is 4.78. The van der Waals surface area contributed by atoms with Crippen molar-refractivity contribution in [2.24, 2.45) is 5.92 Å². The standard InChI is InChI=1S/C23H37NO6/c1-16(29-15-23(7,14-25)24-20(26)30-21(2,3)4)19(22(5,6)27)13-17-9-11-18(28-8)12-10-17/h9-12,14,16,19,27H,13,15H2,1-8H3,(H,24,26)/t16-,19-,23+/m0/s1. The molecule has 3 atom stereocenters. The summed E-state index contributed by atoms with van der Waals surface area (Å²) in [5.41, 5.74) is -1.91. The normalized spacial score (nSPS) is 16.2. The van der Waals surface area contributed by atoms with E-state index in [2.05, 4.69) is 5.32 Å². The molecular formula is C23H37NO6. The van der Waals surface area contributed by atoms with Crippen LogP contribution in [0.2, 0.25) is 0 Å². The molecule has 0 spiro atoms. The Labute approximate surface area is 180 Å². The number of carbonyl (C=O) groups excluding carboxylic acids is 2. The number of ether oxygens (including phenoxy) is 3. The highest BCUT2D eigenvalue weighted by Gasteiger charge is 2.35. The largest absolute Gasteiger partial charge is 0.497 e. The number of amides is 1. The van der Waals surface area contributed by atoms with Gasteiger partial charge in [0.15, 0.2) is 0 Å². The van der Waals surface area contributed by atoms with Crippen molar-refractivity contribution < 1.29 is 28.9 Å². The molecule has 0 unspecified atom stereocenters. The summed E-state index contributed by atoms with van der Waals surface area (Å²) >= 11 is 0. The van der Waals surface area contributed by atoms with Gasteiger partial charge in [0.2, 0.25) is 0 Å². The molecule has 0 aliphatic rings. The molecule has 2 N–H and O–H groups in total. The fourth-order valence-electron chi connectivity index (χ4n) is 3.06. The first-order chi connectivity index (χ1) is 13.7. The number of aliphatic hydroxyl groups is 1. The number of hydrogen-bond donors (Lipinski definition) is 2. The van der Waals surface area contributed by atoms with Crippen LogP contribution in [0.5, 0.6) is 5.75 Å². The van der Waals surface area contributed by atoms with Gasteiger partial charge in [0, 0.05) is 5.92 Å². The molecule has 0 aliphatic carbocycles. The van der Waals surface area contributed by atoms with E-state index in [1.165, 1.54) is 0 Å². The van der Waals surface area contributed by atoms with Gasteiger partial charge < -0.3 is 29.4 Å². The lowest BCUT2D eigenvalue weighted by atomic mass is 9.82. The zero-order valence-electron chi connectivity index (χ0n) is 19.4. The van der Waals surface area contributed by atoms with Crippen molar-refractivity contribution in [1.29, 1.82) is 0 Å². The molecule has 0 aliphatic heterocycles. The van der Waals surface area contributed by atoms with Gasteiger partial charge in [-0.15, -0.1) is 0 Å². The maximum Gasteiger partial charge on any atom is 0.408 e. The number of hydrogen-bond acceptors (Lipinski definition) is 6. The van der Waals surface area contributed by atoms with E-state index in [1.807, 2.05) is 31.2 Å². The summed E-state index contributed by atoms with van der Waals surface area (Å²) in [7, 11) is 1.61. The molecule has 1 aromatic rings. The Morgan fingerprint density at radius 1 is 1.13 bits per heavy atom. The minimum absolute atomic E-state index is 0.0495. The van der Waals surface area contributed by atoms with Crippen molar-refractivity contribution in [1.82, 2.24) is 5.32 Å². The average molecular weight is 424 g/mol. The predicted molar refractivity (Wildman–Crippen MR) is 116 cm³/mol. The summed E-state index contributed by atoms with van der Waals surface area (Å²) < 4.78 is 16.4. The fourth-order valence-corrected chi connectivity index (χ4v) is 3.06. The Hall–Kier alpha value is -2.12. The lowest BCUT2D eigenvalue weighted by molar-refractivity contribution is -0.119. The van der Waals surface area contributed by atoms with Gasteiger partial charge in [0.05, 0.1) is 25.4 Å². The molecule has 1 rings (SSSR count). The molecule has 0 fully saturated rings. The van der Waals surface area contributed by atoms with E-state index in [-0.39, 0.29) is 18.6 Å². The third-order valence-corrected chi connectivity index (χ3v) is 4.78. The van der Waals surface area contributed by atoms with Crippen LogP contribution in [-0.4, -0.2) is 54.0 Å². The predicted octanol–water partition coefficient (Wildman–Crippen LogP) is 3.51. The first-order valence-corrected chi connectivity index (χ1v) is 10.1. The van der Waals surface area contributed by atoms with Crippen LogP contribution in [0.4, 0.5) is 4.79 Å². The maximum atomic E-state index is 12.1. The lowest BCUT2D eigenvalue weighted by Gasteiger charge is -2.36. The Morgan fingerprint density at radius 2 is 1.70 bits per heavy atom. The molecular weight excluding hydrogens is 386 g/mol. The molecule has 0 radical (unpaired) electrons. The molecule has 0 bridgehead atoms. The highest BCUT2D eigenvalue weighted by atomic mass is 16.6. The Morgan fingerprint density at radius 3 is 2.13 bits per heavy atom. The minimum Gasteiger partial charge on any atom is -0.497 e. The number of alkyl carbamates (subject to hydrolysis) is 1. The summed E-state index contributed by atoms with van der Waals surface area (Å²) in [6, 6.07) is 7.64. The summed E-state index contributed by atoms with van der Waals surface area (Å²) in [6.07, 6.45) is 0.135. The van der Waals surface area contributed by atoms with E-state index < -0.39 is 22.8 Å². The number of methoxy groups -OCH3 is 1. The summed E-state index contributed by atoms with van der Waals surface area (Å²) in [4.78, 5) is 23.7. The van der Waals surface area contributed by atoms with Gasteiger partial charge in [0.1, 0.15) is 23.2 Å². The van der Waals surface area contributed by atoms with Crippen LogP contribution in [0, 0.1) is 5.92 Å². The highest BCUT2D eigenvalue weighted by molar-refractivity contribution is 5.76. The Kier molecular flexibility index (Phi) is 8.87. The second-order valence-corrected chi connectivity index (χ2v) is 9.49. The molecule has 7 heteroatoms. The van der Waals surface area contributed by atoms with E-state index in [0.29, 0.717) is 12.7 Å². The third kappa shape index (κ3) is 8.71. The molecule has 0 aromatic heterocycles. The second-order valence-electron chi connectivity index (χ2n) is 9.49. The van der Waals surface area contributed by atoms with E-state index in [9.17, 15) is 14.7 Å². The molecule has 0 heterocycles. The van der Waals surface area contributed by atoms with Crippen LogP contribution in [-0.2, 0) is 20.7 Å². The zero-order valence-corrected chi connectivity index (χ0v) is 19.4. The van der Waals surface area contributed by atoms with Crippen molar-refractivity contribution in [3.8, 4) is 5.75 Å². The van der Waals surface area contributed by atoms with Crippen molar-refractivity contribution in [2.45, 2.75) is 77.7 Å². The van der Waals surface area contributed by atoms with Crippen LogP contribution in [0.25, 0.3) is 0 Å². The second kappa shape index (κ2) is 10.3. The number of benzene rings is 1. The number of carbonyl (C=O) groups is 2. The van der Waals surface area contributed by atoms with Gasteiger partial charge in [-0.05, 0) is 72.6 Å². The van der Waals surface area contributed by atoms with Crippen LogP contribution in [0.1, 0.15) is 54.0 Å². The van der Waals surface area contributed by atoms with E-state index in [1.54, 1.807) is 48.7 Å². The van der Waals surface area contributed by atoms with E-state index in [0.717, 1.165) is 11.3 Å². The quantitative estimate of drug-likeness (QED) is 0.559. The van der Waals surface area contributed by atoms with Crippen molar-refractivity contribution in [3.63, 3.8) is 0 Å². The Bertz CT molecular complexity index is 689. The monoisotopic (exact) mass is 423 g/mol. The van der Waals surface area contributed by atoms with Crippen molar-refractivity contribution in [3.05, 3.63) is 29.8 Å². The van der Waals surface area contributed by atoms with Crippen LogP contribution in [0.3, 0.4) is 0 Å². The maximum absolute atomic E-state index is 12.1. The Balaban J connectivity index is 2.83. The zero-order chi connectivity index (χ0) is 23.2. The molecule has 170 valence electrons. The van der Waals surface area contributed by atoms with Crippen molar-refractivity contribution in [2.75, 3.05) is 13.7 Å². The number of nitrogens with one attached hydrogen (secondary N) is 1. The van der Waals surface area contributed by atoms with Gasteiger partial charge in [-0.1, -0.05) is 12.1 Å². The highest BCUT2D eigenvalue weighted by Crippen LogP contribution is 2.28. The average Bonchev–Trinajstić information content (AvgIpc) is 2.62. The molecule has 0 saturated carbocycles. The lowest BCUT2D eigenvalue weighted by Crippen LogP contribution is -2.53. The topological polar surface area (TPSA) is 94.1 Å². The SMILES string of the molecule is COc1ccc(C[C@@H]([C@H](C)OC[C@@](C)(C=O)NC(=O)OC(C)(C)C)C(C)(C)O)cc1. The van der Waals surface area contributed by atoms with Crippen LogP contribution in [0.15, 0.2) is 24.3 Å². The smallest absolute Gasteiger partial charge is 0.408 e. The molecule has 1 aromatic carbocycles. The summed E-state index contributed by atoms with van der Waals surface area (Å²) in [5, 5.41) is 13.3. The van der Waals surface area contributed by atoms with Gasteiger partial charge >= 0.3 is 6.09 Å². The number of rotatable bonds is 10. The molecule has 7 nitrogen and oxygen atoms in total. The molecule has 0 saturated heterocycles. The minimum atomic E-state index is -1.25. The van der Waals surface area contributed by atoms with Gasteiger partial charge in [-0.25, -0.2) is 4.79 Å². The molecule has 1 amide bonds. The summed E-state index contributed by atoms with van der Waals surface area (Å²) in [6.45, 7) is 12.1. The number of aldehydes is 1. The van der Waals surface area contributed by atoms with Crippen molar-refractivity contribution >= 4 is 12.4 Å². The van der Waals surface area contributed by atoms with Gasteiger partial charge in [0.25, 0.3) is 0 Å². The molecule has 30 heavy (non-hydrogen) atoms. The van der Waals surface area contributed by atoms with E-state index >= 15 is 0 Å².